The van der Waals surface area contributed by atoms with E-state index in [0.717, 1.165) is 11.1 Å². The van der Waals surface area contributed by atoms with Crippen LogP contribution in [0.4, 0.5) is 5.69 Å². The minimum atomic E-state index is -0.423. The highest BCUT2D eigenvalue weighted by molar-refractivity contribution is 6.33. The van der Waals surface area contributed by atoms with Crippen LogP contribution in [0.1, 0.15) is 36.1 Å². The van der Waals surface area contributed by atoms with Crippen LogP contribution in [0.3, 0.4) is 0 Å². The van der Waals surface area contributed by atoms with Gasteiger partial charge in [0.2, 0.25) is 11.8 Å². The number of hydrogen-bond donors (Lipinski definition) is 4. The maximum Gasteiger partial charge on any atom is 0.233 e. The summed E-state index contributed by atoms with van der Waals surface area (Å²) in [6.45, 7) is 3.75. The lowest BCUT2D eigenvalue weighted by Gasteiger charge is -2.16. The van der Waals surface area contributed by atoms with E-state index in [4.69, 9.17) is 19.0 Å². The lowest BCUT2D eigenvalue weighted by Crippen LogP contribution is -2.30. The Morgan fingerprint density at radius 1 is 1.15 bits per heavy atom. The maximum absolute atomic E-state index is 12.1. The summed E-state index contributed by atoms with van der Waals surface area (Å²) in [6.07, 6.45) is -0.292. The van der Waals surface area contributed by atoms with Gasteiger partial charge in [0.15, 0.2) is 0 Å². The van der Waals surface area contributed by atoms with Gasteiger partial charge in [0.1, 0.15) is 20.1 Å². The number of amides is 2. The van der Waals surface area contributed by atoms with Crippen molar-refractivity contribution >= 4 is 36.6 Å². The van der Waals surface area contributed by atoms with Crippen LogP contribution in [-0.2, 0) is 9.59 Å². The number of nitrogen functional groups attached to an aromatic ring is 1. The van der Waals surface area contributed by atoms with Gasteiger partial charge in [-0.2, -0.15) is 0 Å². The Hall–Kier alpha value is -3.09. The van der Waals surface area contributed by atoms with Gasteiger partial charge >= 0.3 is 0 Å². The molecule has 0 aliphatic rings. The van der Waals surface area contributed by atoms with Crippen molar-refractivity contribution in [1.82, 2.24) is 5.32 Å². The first kappa shape index (κ1) is 19.2. The summed E-state index contributed by atoms with van der Waals surface area (Å²) >= 11 is 0. The molecule has 5 N–H and O–H groups in total. The highest BCUT2D eigenvalue weighted by Gasteiger charge is 2.14. The molecule has 2 amide bonds. The summed E-state index contributed by atoms with van der Waals surface area (Å²) in [7, 11) is 5.89. The van der Waals surface area contributed by atoms with Crippen molar-refractivity contribution in [3.63, 3.8) is 0 Å². The van der Waals surface area contributed by atoms with E-state index in [1.54, 1.807) is 24.3 Å². The van der Waals surface area contributed by atoms with Crippen molar-refractivity contribution in [3.8, 4) is 0 Å². The number of benzene rings is 2. The zero-order chi connectivity index (χ0) is 19.3. The van der Waals surface area contributed by atoms with Gasteiger partial charge in [-0.1, -0.05) is 29.2 Å². The van der Waals surface area contributed by atoms with Crippen molar-refractivity contribution < 1.29 is 9.59 Å². The number of hydrogen-bond acceptors (Lipinski definition) is 3. The molecule has 26 heavy (non-hydrogen) atoms. The second-order valence-electron chi connectivity index (χ2n) is 6.12. The fourth-order valence-corrected chi connectivity index (χ4v) is 2.39. The predicted octanol–water partition coefficient (Wildman–Crippen LogP) is 1.28. The molecule has 0 fully saturated rings. The van der Waals surface area contributed by atoms with Crippen LogP contribution in [0.15, 0.2) is 42.5 Å². The van der Waals surface area contributed by atoms with E-state index in [1.165, 1.54) is 0 Å². The van der Waals surface area contributed by atoms with Crippen LogP contribution in [0, 0.1) is 12.3 Å². The zero-order valence-corrected chi connectivity index (χ0v) is 14.8. The number of rotatable bonds is 6. The highest BCUT2D eigenvalue weighted by Crippen LogP contribution is 2.12. The molecule has 0 heterocycles. The van der Waals surface area contributed by atoms with Crippen LogP contribution in [-0.4, -0.2) is 25.5 Å². The van der Waals surface area contributed by atoms with Gasteiger partial charge in [0.05, 0.1) is 6.04 Å². The molecule has 1 unspecified atom stereocenters. The smallest absolute Gasteiger partial charge is 0.233 e. The van der Waals surface area contributed by atoms with E-state index in [2.05, 4.69) is 10.6 Å². The Balaban J connectivity index is 1.89. The summed E-state index contributed by atoms with van der Waals surface area (Å²) in [5.74, 6) is -0.851. The van der Waals surface area contributed by atoms with E-state index in [0.29, 0.717) is 16.7 Å². The van der Waals surface area contributed by atoms with Gasteiger partial charge in [0, 0.05) is 11.3 Å². The summed E-state index contributed by atoms with van der Waals surface area (Å²) in [5.41, 5.74) is 8.99. The Morgan fingerprint density at radius 2 is 1.81 bits per heavy atom. The van der Waals surface area contributed by atoms with E-state index >= 15 is 0 Å². The molecular weight excluding hydrogens is 327 g/mol. The molecule has 0 saturated carbocycles. The summed E-state index contributed by atoms with van der Waals surface area (Å²) in [6, 6.07) is 11.9. The van der Waals surface area contributed by atoms with Crippen LogP contribution in [0.5, 0.6) is 0 Å². The van der Waals surface area contributed by atoms with Crippen LogP contribution < -0.4 is 21.8 Å². The van der Waals surface area contributed by atoms with Gasteiger partial charge in [-0.3, -0.25) is 15.0 Å². The van der Waals surface area contributed by atoms with E-state index in [-0.39, 0.29) is 24.2 Å². The summed E-state index contributed by atoms with van der Waals surface area (Å²) in [5, 5.41) is 12.8. The maximum atomic E-state index is 12.1. The van der Waals surface area contributed by atoms with E-state index < -0.39 is 5.91 Å². The second-order valence-corrected chi connectivity index (χ2v) is 6.12. The van der Waals surface area contributed by atoms with Crippen molar-refractivity contribution in [2.24, 2.45) is 5.73 Å². The van der Waals surface area contributed by atoms with Gasteiger partial charge in [-0.25, -0.2) is 0 Å². The van der Waals surface area contributed by atoms with Crippen molar-refractivity contribution in [3.05, 3.63) is 59.2 Å². The minimum Gasteiger partial charge on any atom is -0.384 e. The summed E-state index contributed by atoms with van der Waals surface area (Å²) in [4.78, 5) is 24.1. The van der Waals surface area contributed by atoms with Crippen molar-refractivity contribution in [2.45, 2.75) is 26.3 Å². The molecule has 0 spiro atoms. The second kappa shape index (κ2) is 8.33. The zero-order valence-electron chi connectivity index (χ0n) is 14.8. The molecule has 0 saturated heterocycles. The molecule has 6 nitrogen and oxygen atoms in total. The van der Waals surface area contributed by atoms with Gasteiger partial charge in [-0.05, 0) is 43.7 Å². The van der Waals surface area contributed by atoms with Crippen LogP contribution >= 0.6 is 0 Å². The average molecular weight is 348 g/mol. The Morgan fingerprint density at radius 3 is 2.38 bits per heavy atom. The van der Waals surface area contributed by atoms with Crippen LogP contribution in [0.2, 0.25) is 0 Å². The first-order valence-corrected chi connectivity index (χ1v) is 8.16. The lowest BCUT2D eigenvalue weighted by molar-refractivity contribution is -0.127. The molecule has 2 aromatic rings. The molecule has 0 bridgehead atoms. The Labute approximate surface area is 154 Å². The van der Waals surface area contributed by atoms with Crippen molar-refractivity contribution in [1.29, 1.82) is 5.41 Å². The molecule has 2 rings (SSSR count). The number of carbonyl (C=O) groups excluding carboxylic acids is 2. The topological polar surface area (TPSA) is 108 Å². The molecular formula is C19H21BN4O2. The molecule has 0 aromatic heterocycles. The SMILES string of the molecule is [B]c1cc(C(C)NC(=O)CC(=O)Nc2ccc(C(=N)N)cc2)ccc1C. The summed E-state index contributed by atoms with van der Waals surface area (Å²) < 4.78 is 0. The fourth-order valence-electron chi connectivity index (χ4n) is 2.39. The monoisotopic (exact) mass is 348 g/mol. The average Bonchev–Trinajstić information content (AvgIpc) is 2.57. The fraction of sp³-hybridized carbons (Fsp3) is 0.211. The number of nitrogens with one attached hydrogen (secondary N) is 3. The molecule has 132 valence electrons. The largest absolute Gasteiger partial charge is 0.384 e. The quantitative estimate of drug-likeness (QED) is 0.273. The van der Waals surface area contributed by atoms with Crippen molar-refractivity contribution in [2.75, 3.05) is 5.32 Å². The molecule has 1 atom stereocenters. The molecule has 0 aliphatic heterocycles. The Kier molecular flexibility index (Phi) is 6.17. The van der Waals surface area contributed by atoms with E-state index in [9.17, 15) is 9.59 Å². The molecule has 0 aliphatic carbocycles. The normalized spacial score (nSPS) is 11.5. The first-order chi connectivity index (χ1) is 12.3. The molecule has 2 aromatic carbocycles. The third-order valence-electron chi connectivity index (χ3n) is 3.98. The first-order valence-electron chi connectivity index (χ1n) is 8.16. The third-order valence-corrected chi connectivity index (χ3v) is 3.98. The Bertz CT molecular complexity index is 834. The number of carbonyl (C=O) groups is 2. The predicted molar refractivity (Wildman–Crippen MR) is 104 cm³/mol. The van der Waals surface area contributed by atoms with Gasteiger partial charge in [0.25, 0.3) is 0 Å². The third kappa shape index (κ3) is 5.21. The van der Waals surface area contributed by atoms with Crippen LogP contribution in [0.25, 0.3) is 0 Å². The lowest BCUT2D eigenvalue weighted by atomic mass is 9.88. The number of amidine groups is 1. The van der Waals surface area contributed by atoms with Gasteiger partial charge < -0.3 is 16.4 Å². The minimum absolute atomic E-state index is 0.0482. The number of nitrogens with two attached hydrogens (primary N) is 1. The number of anilines is 1. The molecule has 7 heteroatoms. The molecule has 2 radical (unpaired) electrons. The standard InChI is InChI=1S/C19H21BN4O2/c1-11-3-4-14(9-16(11)20)12(2)23-17(25)10-18(26)24-15-7-5-13(6-8-15)19(21)22/h3-9,12H,10H2,1-2H3,(H3,21,22)(H,23,25)(H,24,26). The number of aryl methyl sites for hydroxylation is 1. The van der Waals surface area contributed by atoms with Gasteiger partial charge in [-0.15, -0.1) is 0 Å². The van der Waals surface area contributed by atoms with E-state index in [1.807, 2.05) is 32.0 Å². The highest BCUT2D eigenvalue weighted by atomic mass is 16.2.